The zero-order valence-corrected chi connectivity index (χ0v) is 17.2. The summed E-state index contributed by atoms with van der Waals surface area (Å²) in [5.41, 5.74) is 6.34. The van der Waals surface area contributed by atoms with Crippen molar-refractivity contribution in [2.45, 2.75) is 57.3 Å². The van der Waals surface area contributed by atoms with Crippen molar-refractivity contribution in [3.8, 4) is 0 Å². The fourth-order valence-corrected chi connectivity index (χ4v) is 5.48. The number of hydrogen-bond donors (Lipinski definition) is 1. The number of benzene rings is 2. The molecule has 144 valence electrons. The van der Waals surface area contributed by atoms with E-state index in [1.165, 1.54) is 42.5 Å². The summed E-state index contributed by atoms with van der Waals surface area (Å²) in [7, 11) is -3.60. The van der Waals surface area contributed by atoms with E-state index in [1.807, 2.05) is 26.0 Å². The molecule has 0 radical (unpaired) electrons. The minimum absolute atomic E-state index is 0.328. The third-order valence-corrected chi connectivity index (χ3v) is 7.19. The van der Waals surface area contributed by atoms with Gasteiger partial charge in [-0.1, -0.05) is 18.2 Å². The SMILES string of the molecule is Cc1cc(C)c(N2CCCC2)c(C)c1NS(=O)(=O)c1ccc(C2CC2)cc1. The predicted octanol–water partition coefficient (Wildman–Crippen LogP) is 4.89. The molecule has 5 heteroatoms. The molecule has 2 aliphatic rings. The molecule has 4 nitrogen and oxygen atoms in total. The lowest BCUT2D eigenvalue weighted by Gasteiger charge is -2.26. The molecule has 0 bridgehead atoms. The Morgan fingerprint density at radius 3 is 2.19 bits per heavy atom. The molecule has 1 aliphatic carbocycles. The average Bonchev–Trinajstić information content (AvgIpc) is 3.35. The highest BCUT2D eigenvalue weighted by molar-refractivity contribution is 7.92. The van der Waals surface area contributed by atoms with E-state index in [0.717, 1.165) is 24.2 Å². The fourth-order valence-electron chi connectivity index (χ4n) is 4.29. The summed E-state index contributed by atoms with van der Waals surface area (Å²) in [6.45, 7) is 8.20. The van der Waals surface area contributed by atoms with Gasteiger partial charge in [-0.05, 0) is 86.8 Å². The van der Waals surface area contributed by atoms with Crippen molar-refractivity contribution in [3.63, 3.8) is 0 Å². The van der Waals surface area contributed by atoms with Gasteiger partial charge in [0.2, 0.25) is 0 Å². The summed E-state index contributed by atoms with van der Waals surface area (Å²) in [4.78, 5) is 2.71. The second-order valence-corrected chi connectivity index (χ2v) is 9.68. The van der Waals surface area contributed by atoms with E-state index in [2.05, 4.69) is 22.6 Å². The Morgan fingerprint density at radius 1 is 0.963 bits per heavy atom. The monoisotopic (exact) mass is 384 g/mol. The van der Waals surface area contributed by atoms with Crippen molar-refractivity contribution in [1.29, 1.82) is 0 Å². The topological polar surface area (TPSA) is 49.4 Å². The molecule has 1 saturated carbocycles. The Bertz CT molecular complexity index is 955. The quantitative estimate of drug-likeness (QED) is 0.798. The molecule has 1 saturated heterocycles. The van der Waals surface area contributed by atoms with E-state index in [0.29, 0.717) is 16.5 Å². The van der Waals surface area contributed by atoms with Crippen LogP contribution in [0.25, 0.3) is 0 Å². The molecule has 1 heterocycles. The highest BCUT2D eigenvalue weighted by Crippen LogP contribution is 2.40. The number of nitrogens with zero attached hydrogens (tertiary/aromatic N) is 1. The van der Waals surface area contributed by atoms with Crippen LogP contribution < -0.4 is 9.62 Å². The minimum atomic E-state index is -3.60. The molecule has 2 fully saturated rings. The lowest BCUT2D eigenvalue weighted by atomic mass is 10.0. The van der Waals surface area contributed by atoms with Crippen LogP contribution in [-0.2, 0) is 10.0 Å². The fraction of sp³-hybridized carbons (Fsp3) is 0.455. The third-order valence-electron chi connectivity index (χ3n) is 5.83. The Labute approximate surface area is 162 Å². The van der Waals surface area contributed by atoms with Gasteiger partial charge >= 0.3 is 0 Å². The van der Waals surface area contributed by atoms with Crippen molar-refractivity contribution in [1.82, 2.24) is 0 Å². The second kappa shape index (κ2) is 6.86. The molecule has 0 unspecified atom stereocenters. The lowest BCUT2D eigenvalue weighted by molar-refractivity contribution is 0.601. The van der Waals surface area contributed by atoms with Gasteiger partial charge in [0.15, 0.2) is 0 Å². The third kappa shape index (κ3) is 3.57. The molecule has 0 atom stereocenters. The van der Waals surface area contributed by atoms with Crippen LogP contribution in [0.5, 0.6) is 0 Å². The van der Waals surface area contributed by atoms with Gasteiger partial charge < -0.3 is 4.90 Å². The first-order valence-corrected chi connectivity index (χ1v) is 11.3. The van der Waals surface area contributed by atoms with Crippen molar-refractivity contribution in [2.75, 3.05) is 22.7 Å². The highest BCUT2D eigenvalue weighted by Gasteiger charge is 2.25. The Kier molecular flexibility index (Phi) is 4.66. The van der Waals surface area contributed by atoms with Crippen molar-refractivity contribution in [2.24, 2.45) is 0 Å². The molecule has 0 aromatic heterocycles. The van der Waals surface area contributed by atoms with Gasteiger partial charge in [0.1, 0.15) is 0 Å². The summed E-state index contributed by atoms with van der Waals surface area (Å²) in [5, 5.41) is 0. The number of aryl methyl sites for hydroxylation is 2. The van der Waals surface area contributed by atoms with E-state index in [9.17, 15) is 8.42 Å². The normalized spacial score (nSPS) is 17.4. The number of nitrogens with one attached hydrogen (secondary N) is 1. The first kappa shape index (κ1) is 18.4. The lowest BCUT2D eigenvalue weighted by Crippen LogP contribution is -2.22. The van der Waals surface area contributed by atoms with Gasteiger partial charge in [-0.25, -0.2) is 8.42 Å². The number of sulfonamides is 1. The Balaban J connectivity index is 1.67. The maximum absolute atomic E-state index is 13.0. The van der Waals surface area contributed by atoms with Gasteiger partial charge in [0.25, 0.3) is 10.0 Å². The van der Waals surface area contributed by atoms with Gasteiger partial charge in [0, 0.05) is 18.8 Å². The van der Waals surface area contributed by atoms with Gasteiger partial charge in [0.05, 0.1) is 10.6 Å². The Morgan fingerprint density at radius 2 is 1.59 bits per heavy atom. The number of anilines is 2. The van der Waals surface area contributed by atoms with Crippen molar-refractivity contribution in [3.05, 3.63) is 52.6 Å². The minimum Gasteiger partial charge on any atom is -0.371 e. The van der Waals surface area contributed by atoms with Crippen LogP contribution in [0.4, 0.5) is 11.4 Å². The first-order valence-electron chi connectivity index (χ1n) is 9.85. The zero-order valence-electron chi connectivity index (χ0n) is 16.4. The molecule has 1 N–H and O–H groups in total. The summed E-state index contributed by atoms with van der Waals surface area (Å²) >= 11 is 0. The van der Waals surface area contributed by atoms with Crippen LogP contribution in [-0.4, -0.2) is 21.5 Å². The number of hydrogen-bond acceptors (Lipinski definition) is 3. The predicted molar refractivity (Wildman–Crippen MR) is 111 cm³/mol. The van der Waals surface area contributed by atoms with Crippen LogP contribution in [0.2, 0.25) is 0 Å². The molecule has 0 spiro atoms. The second-order valence-electron chi connectivity index (χ2n) is 8.00. The van der Waals surface area contributed by atoms with E-state index >= 15 is 0 Å². The number of rotatable bonds is 5. The van der Waals surface area contributed by atoms with Gasteiger partial charge in [-0.2, -0.15) is 0 Å². The maximum atomic E-state index is 13.0. The van der Waals surface area contributed by atoms with Crippen LogP contribution in [0.15, 0.2) is 35.2 Å². The average molecular weight is 385 g/mol. The van der Waals surface area contributed by atoms with Crippen LogP contribution in [0.3, 0.4) is 0 Å². The molecule has 2 aromatic carbocycles. The summed E-state index contributed by atoms with van der Waals surface area (Å²) < 4.78 is 28.9. The largest absolute Gasteiger partial charge is 0.371 e. The molecule has 1 aliphatic heterocycles. The zero-order chi connectivity index (χ0) is 19.2. The van der Waals surface area contributed by atoms with Crippen LogP contribution in [0.1, 0.15) is 53.9 Å². The molecule has 2 aromatic rings. The van der Waals surface area contributed by atoms with E-state index in [4.69, 9.17) is 0 Å². The first-order chi connectivity index (χ1) is 12.9. The van der Waals surface area contributed by atoms with Crippen molar-refractivity contribution < 1.29 is 8.42 Å². The van der Waals surface area contributed by atoms with Crippen LogP contribution in [0, 0.1) is 20.8 Å². The smallest absolute Gasteiger partial charge is 0.261 e. The van der Waals surface area contributed by atoms with Gasteiger partial charge in [-0.15, -0.1) is 0 Å². The maximum Gasteiger partial charge on any atom is 0.261 e. The molecular weight excluding hydrogens is 356 g/mol. The summed E-state index contributed by atoms with van der Waals surface area (Å²) in [6, 6.07) is 9.47. The van der Waals surface area contributed by atoms with E-state index in [1.54, 1.807) is 12.1 Å². The van der Waals surface area contributed by atoms with E-state index in [-0.39, 0.29) is 0 Å². The molecule has 4 rings (SSSR count). The molecule has 0 amide bonds. The van der Waals surface area contributed by atoms with Crippen LogP contribution >= 0.6 is 0 Å². The molecular formula is C22H28N2O2S. The summed E-state index contributed by atoms with van der Waals surface area (Å²) in [5.74, 6) is 0.624. The Hall–Kier alpha value is -2.01. The summed E-state index contributed by atoms with van der Waals surface area (Å²) in [6.07, 6.45) is 4.82. The standard InChI is InChI=1S/C22H28N2O2S/c1-15-14-16(2)22(24-12-4-5-13-24)17(3)21(15)23-27(25,26)20-10-8-19(9-11-20)18-6-7-18/h8-11,14,18,23H,4-7,12-13H2,1-3H3. The van der Waals surface area contributed by atoms with E-state index < -0.39 is 10.0 Å². The van der Waals surface area contributed by atoms with Crippen molar-refractivity contribution >= 4 is 21.4 Å². The highest BCUT2D eigenvalue weighted by atomic mass is 32.2. The molecule has 27 heavy (non-hydrogen) atoms. The van der Waals surface area contributed by atoms with Gasteiger partial charge in [-0.3, -0.25) is 4.72 Å².